The second-order valence-corrected chi connectivity index (χ2v) is 3.58. The van der Waals surface area contributed by atoms with Crippen molar-refractivity contribution in [2.75, 3.05) is 13.6 Å². The number of thiocarbonyl (C=S) groups is 1. The summed E-state index contributed by atoms with van der Waals surface area (Å²) in [4.78, 5) is 11.6. The first-order chi connectivity index (χ1) is 6.16. The maximum Gasteiger partial charge on any atom is 0.219 e. The minimum atomic E-state index is 0.124. The smallest absolute Gasteiger partial charge is 0.219 e. The molecular weight excluding hydrogens is 184 g/mol. The lowest BCUT2D eigenvalue weighted by Crippen LogP contribution is -2.19. The van der Waals surface area contributed by atoms with Crippen molar-refractivity contribution in [3.63, 3.8) is 0 Å². The Labute approximate surface area is 85.3 Å². The molecule has 0 saturated carbocycles. The van der Waals surface area contributed by atoms with Gasteiger partial charge in [-0.2, -0.15) is 0 Å². The molecule has 76 valence electrons. The summed E-state index contributed by atoms with van der Waals surface area (Å²) in [6.07, 6.45) is 3.74. The predicted octanol–water partition coefficient (Wildman–Crippen LogP) is 1.23. The molecule has 0 fully saturated rings. The van der Waals surface area contributed by atoms with E-state index in [2.05, 4.69) is 10.6 Å². The van der Waals surface area contributed by atoms with E-state index in [0.29, 0.717) is 6.42 Å². The van der Waals surface area contributed by atoms with Crippen LogP contribution in [0.3, 0.4) is 0 Å². The molecule has 0 rings (SSSR count). The van der Waals surface area contributed by atoms with Gasteiger partial charge in [0.1, 0.15) is 0 Å². The molecule has 0 aliphatic heterocycles. The summed E-state index contributed by atoms with van der Waals surface area (Å²) >= 11 is 4.86. The van der Waals surface area contributed by atoms with Gasteiger partial charge in [0.05, 0.1) is 4.99 Å². The van der Waals surface area contributed by atoms with Crippen LogP contribution >= 0.6 is 12.2 Å². The molecule has 0 heterocycles. The molecule has 0 saturated heterocycles. The molecule has 13 heavy (non-hydrogen) atoms. The zero-order valence-corrected chi connectivity index (χ0v) is 9.17. The molecule has 3 nitrogen and oxygen atoms in total. The minimum Gasteiger partial charge on any atom is -0.380 e. The molecular formula is C9H18N2OS. The third kappa shape index (κ3) is 9.27. The van der Waals surface area contributed by atoms with E-state index >= 15 is 0 Å². The third-order valence-corrected chi connectivity index (χ3v) is 1.88. The van der Waals surface area contributed by atoms with Gasteiger partial charge in [-0.3, -0.25) is 4.79 Å². The van der Waals surface area contributed by atoms with Crippen molar-refractivity contribution in [1.82, 2.24) is 10.6 Å². The van der Waals surface area contributed by atoms with Crippen LogP contribution in [0.4, 0.5) is 0 Å². The van der Waals surface area contributed by atoms with Crippen LogP contribution in [-0.4, -0.2) is 24.5 Å². The van der Waals surface area contributed by atoms with Crippen molar-refractivity contribution < 1.29 is 4.79 Å². The van der Waals surface area contributed by atoms with E-state index in [9.17, 15) is 4.79 Å². The molecule has 0 spiro atoms. The highest BCUT2D eigenvalue weighted by atomic mass is 32.1. The van der Waals surface area contributed by atoms with Crippen molar-refractivity contribution in [1.29, 1.82) is 0 Å². The van der Waals surface area contributed by atoms with Crippen LogP contribution in [0.1, 0.15) is 32.6 Å². The van der Waals surface area contributed by atoms with Gasteiger partial charge in [-0.1, -0.05) is 18.6 Å². The topological polar surface area (TPSA) is 41.1 Å². The van der Waals surface area contributed by atoms with Crippen LogP contribution in [0.25, 0.3) is 0 Å². The van der Waals surface area contributed by atoms with Crippen molar-refractivity contribution >= 4 is 23.1 Å². The SMILES string of the molecule is CNC(=O)CCCCCNC(C)=S. The number of unbranched alkanes of at least 4 members (excludes halogenated alkanes) is 2. The highest BCUT2D eigenvalue weighted by Crippen LogP contribution is 1.98. The van der Waals surface area contributed by atoms with Gasteiger partial charge in [0, 0.05) is 20.0 Å². The van der Waals surface area contributed by atoms with Crippen LogP contribution in [0.2, 0.25) is 0 Å². The minimum absolute atomic E-state index is 0.124. The maximum absolute atomic E-state index is 10.8. The predicted molar refractivity (Wildman–Crippen MR) is 58.8 cm³/mol. The molecule has 0 aliphatic carbocycles. The lowest BCUT2D eigenvalue weighted by atomic mass is 10.2. The Kier molecular flexibility index (Phi) is 7.59. The van der Waals surface area contributed by atoms with E-state index in [1.54, 1.807) is 7.05 Å². The summed E-state index contributed by atoms with van der Waals surface area (Å²) in [6, 6.07) is 0. The van der Waals surface area contributed by atoms with Crippen LogP contribution < -0.4 is 10.6 Å². The molecule has 0 unspecified atom stereocenters. The standard InChI is InChI=1S/C9H18N2OS/c1-8(13)11-7-5-3-4-6-9(12)10-2/h3-7H2,1-2H3,(H,10,12)(H,11,13). The van der Waals surface area contributed by atoms with Crippen LogP contribution in [0, 0.1) is 0 Å². The van der Waals surface area contributed by atoms with E-state index in [0.717, 1.165) is 30.8 Å². The largest absolute Gasteiger partial charge is 0.380 e. The van der Waals surface area contributed by atoms with Crippen LogP contribution in [0.5, 0.6) is 0 Å². The Hall–Kier alpha value is -0.640. The highest BCUT2D eigenvalue weighted by Gasteiger charge is 1.96. The molecule has 0 bridgehead atoms. The summed E-state index contributed by atoms with van der Waals surface area (Å²) in [5.74, 6) is 0.124. The lowest BCUT2D eigenvalue weighted by molar-refractivity contribution is -0.120. The maximum atomic E-state index is 10.8. The fraction of sp³-hybridized carbons (Fsp3) is 0.778. The van der Waals surface area contributed by atoms with Crippen molar-refractivity contribution in [3.05, 3.63) is 0 Å². The van der Waals surface area contributed by atoms with Gasteiger partial charge in [0.15, 0.2) is 0 Å². The zero-order chi connectivity index (χ0) is 10.1. The van der Waals surface area contributed by atoms with Crippen molar-refractivity contribution in [2.24, 2.45) is 0 Å². The van der Waals surface area contributed by atoms with Crippen LogP contribution in [0.15, 0.2) is 0 Å². The van der Waals surface area contributed by atoms with Gasteiger partial charge >= 0.3 is 0 Å². The Bertz CT molecular complexity index is 171. The fourth-order valence-electron chi connectivity index (χ4n) is 0.977. The molecule has 0 atom stereocenters. The molecule has 0 aromatic carbocycles. The summed E-state index contributed by atoms with van der Waals surface area (Å²) in [5.41, 5.74) is 0. The first-order valence-electron chi connectivity index (χ1n) is 4.62. The lowest BCUT2D eigenvalue weighted by Gasteiger charge is -2.03. The summed E-state index contributed by atoms with van der Waals surface area (Å²) in [6.45, 7) is 2.79. The van der Waals surface area contributed by atoms with Gasteiger partial charge in [0.25, 0.3) is 0 Å². The molecule has 4 heteroatoms. The normalized spacial score (nSPS) is 9.38. The van der Waals surface area contributed by atoms with E-state index in [4.69, 9.17) is 12.2 Å². The Morgan fingerprint density at radius 1 is 1.31 bits per heavy atom. The first-order valence-corrected chi connectivity index (χ1v) is 5.02. The van der Waals surface area contributed by atoms with E-state index in [-0.39, 0.29) is 5.91 Å². The van der Waals surface area contributed by atoms with Crippen LogP contribution in [-0.2, 0) is 4.79 Å². The number of carbonyl (C=O) groups excluding carboxylic acids is 1. The molecule has 0 aliphatic rings. The van der Waals surface area contributed by atoms with Gasteiger partial charge < -0.3 is 10.6 Å². The molecule has 2 N–H and O–H groups in total. The number of hydrogen-bond acceptors (Lipinski definition) is 2. The van der Waals surface area contributed by atoms with E-state index in [1.807, 2.05) is 6.92 Å². The third-order valence-electron chi connectivity index (χ3n) is 1.73. The second kappa shape index (κ2) is 7.98. The Morgan fingerprint density at radius 2 is 2.00 bits per heavy atom. The molecule has 0 aromatic heterocycles. The molecule has 0 radical (unpaired) electrons. The summed E-state index contributed by atoms with van der Waals surface area (Å²) in [5, 5.41) is 5.68. The highest BCUT2D eigenvalue weighted by molar-refractivity contribution is 7.80. The monoisotopic (exact) mass is 202 g/mol. The zero-order valence-electron chi connectivity index (χ0n) is 8.35. The average molecular weight is 202 g/mol. The number of amides is 1. The molecule has 1 amide bonds. The van der Waals surface area contributed by atoms with Crippen molar-refractivity contribution in [3.8, 4) is 0 Å². The quantitative estimate of drug-likeness (QED) is 0.503. The summed E-state index contributed by atoms with van der Waals surface area (Å²) < 4.78 is 0. The van der Waals surface area contributed by atoms with E-state index < -0.39 is 0 Å². The number of nitrogens with one attached hydrogen (secondary N) is 2. The van der Waals surface area contributed by atoms with Gasteiger partial charge in [-0.25, -0.2) is 0 Å². The first kappa shape index (κ1) is 12.4. The Morgan fingerprint density at radius 3 is 2.54 bits per heavy atom. The Balaban J connectivity index is 3.08. The van der Waals surface area contributed by atoms with Gasteiger partial charge in [-0.05, 0) is 19.8 Å². The van der Waals surface area contributed by atoms with E-state index in [1.165, 1.54) is 0 Å². The van der Waals surface area contributed by atoms with Gasteiger partial charge in [0.2, 0.25) is 5.91 Å². The number of hydrogen-bond donors (Lipinski definition) is 2. The number of rotatable bonds is 6. The second-order valence-electron chi connectivity index (χ2n) is 2.97. The van der Waals surface area contributed by atoms with Gasteiger partial charge in [-0.15, -0.1) is 0 Å². The summed E-state index contributed by atoms with van der Waals surface area (Å²) in [7, 11) is 1.67. The number of carbonyl (C=O) groups is 1. The fourth-order valence-corrected chi connectivity index (χ4v) is 1.08. The average Bonchev–Trinajstić information content (AvgIpc) is 2.10. The molecule has 0 aromatic rings. The van der Waals surface area contributed by atoms with Crippen molar-refractivity contribution in [2.45, 2.75) is 32.6 Å².